The third-order valence-corrected chi connectivity index (χ3v) is 21.0. The van der Waals surface area contributed by atoms with E-state index in [-0.39, 0.29) is 42.6 Å². The molecule has 14 rings (SSSR count). The van der Waals surface area contributed by atoms with Crippen LogP contribution in [0.5, 0.6) is 23.0 Å². The number of aliphatic hydroxyl groups excluding tert-OH is 3. The normalized spacial score (nSPS) is 34.3. The number of aromatic nitrogens is 1. The molecule has 3 saturated heterocycles. The quantitative estimate of drug-likeness (QED) is 0.0601. The molecule has 1 saturated carbocycles. The van der Waals surface area contributed by atoms with Crippen LogP contribution in [0.2, 0.25) is 0 Å². The average molecular weight is 1060 g/mol. The molecule has 2 unspecified atom stereocenters. The predicted octanol–water partition coefficient (Wildman–Crippen LogP) is 4.61. The van der Waals surface area contributed by atoms with Gasteiger partial charge in [-0.1, -0.05) is 51.9 Å². The number of rotatable bonds is 15. The third-order valence-electron chi connectivity index (χ3n) is 18.6. The molecular formula is C56H63N5O12S2. The second kappa shape index (κ2) is 17.8. The van der Waals surface area contributed by atoms with Gasteiger partial charge in [0, 0.05) is 72.0 Å². The highest BCUT2D eigenvalue weighted by molar-refractivity contribution is 8.76. The van der Waals surface area contributed by atoms with E-state index in [0.717, 1.165) is 71.3 Å². The number of amides is 2. The third kappa shape index (κ3) is 7.03. The van der Waals surface area contributed by atoms with Crippen LogP contribution in [-0.2, 0) is 49.2 Å². The summed E-state index contributed by atoms with van der Waals surface area (Å²) in [6, 6.07) is 13.8. The number of likely N-dealkylation sites (tertiary alicyclic amines) is 2. The highest BCUT2D eigenvalue weighted by atomic mass is 33.1. The molecule has 4 bridgehead atoms. The van der Waals surface area contributed by atoms with E-state index >= 15 is 0 Å². The Kier molecular flexibility index (Phi) is 11.5. The number of para-hydroxylation sites is 1. The van der Waals surface area contributed by atoms with Gasteiger partial charge in [0.15, 0.2) is 46.7 Å². The van der Waals surface area contributed by atoms with Crippen molar-refractivity contribution in [3.8, 4) is 23.0 Å². The van der Waals surface area contributed by atoms with Crippen LogP contribution in [0.1, 0.15) is 78.6 Å². The number of phenolic OH excluding ortho intramolecular Hbond substituents is 1. The summed E-state index contributed by atoms with van der Waals surface area (Å²) in [5.74, 6) is 3.73. The van der Waals surface area contributed by atoms with Gasteiger partial charge in [-0.25, -0.2) is 0 Å². The molecule has 1 aromatic heterocycles. The molecule has 3 aromatic carbocycles. The summed E-state index contributed by atoms with van der Waals surface area (Å²) in [5.41, 5.74) is 5.32. The number of H-pyrrole nitrogens is 1. The fourth-order valence-corrected chi connectivity index (χ4v) is 16.9. The van der Waals surface area contributed by atoms with Gasteiger partial charge < -0.3 is 69.7 Å². The van der Waals surface area contributed by atoms with Crippen LogP contribution < -0.4 is 24.8 Å². The average Bonchev–Trinajstić information content (AvgIpc) is 4.03. The zero-order valence-electron chi connectivity index (χ0n) is 41.9. The van der Waals surface area contributed by atoms with Crippen LogP contribution in [0, 0.1) is 11.8 Å². The number of nitrogens with zero attached hydrogens (tertiary/aromatic N) is 2. The Morgan fingerprint density at radius 1 is 0.960 bits per heavy atom. The molecule has 4 fully saturated rings. The lowest BCUT2D eigenvalue weighted by Crippen LogP contribution is -2.74. The molecule has 4 aromatic rings. The van der Waals surface area contributed by atoms with Gasteiger partial charge in [0.25, 0.3) is 5.91 Å². The van der Waals surface area contributed by atoms with Crippen LogP contribution in [0.15, 0.2) is 66.1 Å². The molecule has 2 amide bonds. The van der Waals surface area contributed by atoms with Crippen LogP contribution >= 0.6 is 21.6 Å². The number of piperidine rings is 2. The van der Waals surface area contributed by atoms with Gasteiger partial charge in [0.05, 0.1) is 39.9 Å². The Hall–Kier alpha value is -4.96. The first-order valence-electron chi connectivity index (χ1n) is 26.7. The fraction of sp³-hybridized carbons (Fsp3) is 0.536. The van der Waals surface area contributed by atoms with Crippen molar-refractivity contribution in [2.45, 2.75) is 124 Å². The summed E-state index contributed by atoms with van der Waals surface area (Å²) < 4.78 is 31.9. The van der Waals surface area contributed by atoms with E-state index in [1.54, 1.807) is 6.07 Å². The van der Waals surface area contributed by atoms with Gasteiger partial charge in [-0.15, -0.1) is 0 Å². The number of nitrogens with one attached hydrogen (secondary N) is 3. The molecule has 2 spiro atoms. The lowest BCUT2D eigenvalue weighted by Gasteiger charge is -2.62. The van der Waals surface area contributed by atoms with Gasteiger partial charge in [0.2, 0.25) is 12.2 Å². The highest BCUT2D eigenvalue weighted by Gasteiger charge is 2.73. The number of benzene rings is 3. The van der Waals surface area contributed by atoms with Crippen molar-refractivity contribution in [3.63, 3.8) is 0 Å². The smallest absolute Gasteiger partial charge is 0.252 e. The number of carbonyl (C=O) groups excluding carboxylic acids is 2. The van der Waals surface area contributed by atoms with E-state index in [2.05, 4.69) is 44.6 Å². The van der Waals surface area contributed by atoms with E-state index in [9.17, 15) is 35.1 Å². The Balaban J connectivity index is 0.600. The molecule has 8 N–H and O–H groups in total. The van der Waals surface area contributed by atoms with Crippen molar-refractivity contribution in [2.24, 2.45) is 11.8 Å². The minimum Gasteiger partial charge on any atom is -0.504 e. The molecule has 75 heavy (non-hydrogen) atoms. The fourth-order valence-electron chi connectivity index (χ4n) is 15.0. The number of phenols is 1. The van der Waals surface area contributed by atoms with E-state index in [0.29, 0.717) is 77.7 Å². The van der Waals surface area contributed by atoms with E-state index in [1.165, 1.54) is 40.0 Å². The van der Waals surface area contributed by atoms with Crippen molar-refractivity contribution in [3.05, 3.63) is 99.6 Å². The first-order chi connectivity index (χ1) is 36.3. The highest BCUT2D eigenvalue weighted by Crippen LogP contribution is 2.70. The summed E-state index contributed by atoms with van der Waals surface area (Å²) in [7, 11) is 5.12. The van der Waals surface area contributed by atoms with E-state index in [1.807, 2.05) is 43.3 Å². The summed E-state index contributed by atoms with van der Waals surface area (Å²) in [5, 5.41) is 64.4. The van der Waals surface area contributed by atoms with E-state index in [4.69, 9.17) is 23.7 Å². The Morgan fingerprint density at radius 3 is 2.63 bits per heavy atom. The van der Waals surface area contributed by atoms with Crippen LogP contribution in [0.4, 0.5) is 5.69 Å². The van der Waals surface area contributed by atoms with Gasteiger partial charge in [0.1, 0.15) is 18.3 Å². The Labute approximate surface area is 441 Å². The van der Waals surface area contributed by atoms with Gasteiger partial charge in [-0.3, -0.25) is 14.5 Å². The SMILES string of the molecule is CCOc1ccc2c3c1OC1=C(O[C@@H]4O[C@H](C(=O)NCCSSCCC(=O)Nc5cccc6c7c([nH]c56)C5Oc6c(O)ccc8c6[C@@]56CCN(CC5CC5)[C@H](C8)[C@]6(O)C7)[C@@H](O)[C@H](O)[C@H]4O)C=CC4[C@@H](C2)N(C)CC[C@@]134. The van der Waals surface area contributed by atoms with Crippen molar-refractivity contribution >= 4 is 50.0 Å². The lowest BCUT2D eigenvalue weighted by atomic mass is 9.49. The number of aromatic amines is 1. The number of ether oxygens (including phenoxy) is 5. The molecule has 0 radical (unpaired) electrons. The standard InChI is InChI=1S/C56H63N5O12S2/c1-3-69-36-13-10-28-23-34-32-11-14-37(50-54(32,16-19-60(34)2)40(28)48(36)72-50)70-53-46(66)44(64)45(65)49(73-53)52(67)57-18-22-75-74-21-15-39(63)58-33-6-4-5-30-31-25-56(68)38-24-29-9-12-35(62)47-41(29)55(56,17-20-61(38)26-27-7-8-27)51(71-47)43(31)59-42(30)33/h4-6,9-14,27,32,34,38,44-46,49,51,53,59,62,64-66,68H,3,7-8,15-26H2,1-2H3,(H,57,67)(H,58,63)/t32?,34-,38-,44+,45+,46-,49+,51?,53-,54+,55+,56-/m1/s1. The number of hydrogen-bond donors (Lipinski definition) is 8. The summed E-state index contributed by atoms with van der Waals surface area (Å²) >= 11 is 0. The number of aromatic hydroxyl groups is 1. The van der Waals surface area contributed by atoms with E-state index < -0.39 is 59.1 Å². The predicted molar refractivity (Wildman–Crippen MR) is 280 cm³/mol. The maximum atomic E-state index is 13.5. The second-order valence-electron chi connectivity index (χ2n) is 22.4. The first kappa shape index (κ1) is 48.4. The maximum absolute atomic E-state index is 13.5. The van der Waals surface area contributed by atoms with Gasteiger partial charge in [-0.2, -0.15) is 0 Å². The number of allylic oxidation sites excluding steroid dienone is 2. The van der Waals surface area contributed by atoms with Crippen molar-refractivity contribution in [1.29, 1.82) is 0 Å². The topological polar surface area (TPSA) is 228 Å². The zero-order chi connectivity index (χ0) is 51.3. The van der Waals surface area contributed by atoms with Crippen molar-refractivity contribution < 1.29 is 58.8 Å². The van der Waals surface area contributed by atoms with Gasteiger partial charge in [-0.05, 0) is 112 Å². The zero-order valence-corrected chi connectivity index (χ0v) is 43.5. The van der Waals surface area contributed by atoms with Crippen molar-refractivity contribution in [1.82, 2.24) is 20.1 Å². The van der Waals surface area contributed by atoms with Crippen LogP contribution in [-0.4, -0.2) is 152 Å². The molecule has 396 valence electrons. The molecule has 5 aliphatic heterocycles. The van der Waals surface area contributed by atoms with Crippen LogP contribution in [0.25, 0.3) is 10.9 Å². The maximum Gasteiger partial charge on any atom is 0.252 e. The molecule has 6 heterocycles. The first-order valence-corrected chi connectivity index (χ1v) is 29.2. The number of hydrogen-bond acceptors (Lipinski definition) is 16. The second-order valence-corrected chi connectivity index (χ2v) is 25.1. The van der Waals surface area contributed by atoms with Crippen molar-refractivity contribution in [2.75, 3.05) is 56.7 Å². The minimum atomic E-state index is -1.73. The summed E-state index contributed by atoms with van der Waals surface area (Å²) in [4.78, 5) is 35.6. The minimum absolute atomic E-state index is 0.0857. The summed E-state index contributed by atoms with van der Waals surface area (Å²) in [6.45, 7) is 5.27. The number of anilines is 1. The molecular weight excluding hydrogens is 999 g/mol. The summed E-state index contributed by atoms with van der Waals surface area (Å²) in [6.07, 6.45) is 1.44. The molecule has 5 aliphatic carbocycles. The number of fused-ring (bicyclic) bond motifs is 4. The molecule has 12 atom stereocenters. The van der Waals surface area contributed by atoms with Crippen LogP contribution in [0.3, 0.4) is 0 Å². The number of likely N-dealkylation sites (N-methyl/N-ethyl adjacent to an activating group) is 1. The number of carbonyl (C=O) groups is 2. The molecule has 17 nitrogen and oxygen atoms in total. The lowest BCUT2D eigenvalue weighted by molar-refractivity contribution is -0.280. The monoisotopic (exact) mass is 1060 g/mol. The largest absolute Gasteiger partial charge is 0.504 e. The molecule has 19 heteroatoms. The Bertz CT molecular complexity index is 3110. The molecule has 10 aliphatic rings. The van der Waals surface area contributed by atoms with Gasteiger partial charge >= 0.3 is 0 Å². The Morgan fingerprint density at radius 2 is 1.79 bits per heavy atom. The number of aliphatic hydroxyl groups is 4.